The molecule has 1 fully saturated rings. The molecule has 0 atom stereocenters. The fourth-order valence-electron chi connectivity index (χ4n) is 4.12. The number of imidazole rings is 1. The highest BCUT2D eigenvalue weighted by atomic mass is 16.2. The minimum absolute atomic E-state index is 0.252. The SMILES string of the molecule is CN(Cc1ccccc1)C1CCN(C(=O)CCn2cnc3ccccc32)CC1. The van der Waals surface area contributed by atoms with Gasteiger partial charge in [-0.05, 0) is 37.6 Å². The molecule has 146 valence electrons. The van der Waals surface area contributed by atoms with Crippen LogP contribution in [-0.4, -0.2) is 51.4 Å². The molecule has 2 aromatic carbocycles. The number of amides is 1. The lowest BCUT2D eigenvalue weighted by molar-refractivity contribution is -0.133. The van der Waals surface area contributed by atoms with E-state index in [-0.39, 0.29) is 5.91 Å². The number of hydrogen-bond donors (Lipinski definition) is 0. The molecule has 0 unspecified atom stereocenters. The van der Waals surface area contributed by atoms with Gasteiger partial charge in [0.15, 0.2) is 0 Å². The fraction of sp³-hybridized carbons (Fsp3) is 0.391. The molecule has 5 heteroatoms. The summed E-state index contributed by atoms with van der Waals surface area (Å²) in [5.41, 5.74) is 3.42. The second kappa shape index (κ2) is 8.57. The Bertz CT molecular complexity index is 913. The van der Waals surface area contributed by atoms with Crippen LogP contribution in [0.25, 0.3) is 11.0 Å². The summed E-state index contributed by atoms with van der Waals surface area (Å²) in [5.74, 6) is 0.252. The van der Waals surface area contributed by atoms with E-state index in [0.717, 1.165) is 43.5 Å². The Morgan fingerprint density at radius 1 is 1.07 bits per heavy atom. The van der Waals surface area contributed by atoms with Crippen molar-refractivity contribution in [1.82, 2.24) is 19.4 Å². The number of rotatable bonds is 6. The Hall–Kier alpha value is -2.66. The van der Waals surface area contributed by atoms with Crippen LogP contribution in [-0.2, 0) is 17.9 Å². The van der Waals surface area contributed by atoms with Crippen molar-refractivity contribution < 1.29 is 4.79 Å². The van der Waals surface area contributed by atoms with E-state index in [1.807, 2.05) is 29.4 Å². The Balaban J connectivity index is 1.26. The zero-order chi connectivity index (χ0) is 19.3. The van der Waals surface area contributed by atoms with Gasteiger partial charge in [0.25, 0.3) is 0 Å². The zero-order valence-corrected chi connectivity index (χ0v) is 16.5. The topological polar surface area (TPSA) is 41.4 Å². The summed E-state index contributed by atoms with van der Waals surface area (Å²) in [5, 5.41) is 0. The summed E-state index contributed by atoms with van der Waals surface area (Å²) in [6, 6.07) is 19.2. The molecule has 0 spiro atoms. The first kappa shape index (κ1) is 18.7. The van der Waals surface area contributed by atoms with Crippen molar-refractivity contribution in [3.05, 3.63) is 66.5 Å². The van der Waals surface area contributed by atoms with Crippen molar-refractivity contribution in [1.29, 1.82) is 0 Å². The number of aryl methyl sites for hydroxylation is 1. The largest absolute Gasteiger partial charge is 0.343 e. The average Bonchev–Trinajstić information content (AvgIpc) is 3.16. The van der Waals surface area contributed by atoms with E-state index in [4.69, 9.17) is 0 Å². The van der Waals surface area contributed by atoms with E-state index >= 15 is 0 Å². The summed E-state index contributed by atoms with van der Waals surface area (Å²) in [4.78, 5) is 21.5. The molecule has 0 radical (unpaired) electrons. The molecule has 4 rings (SSSR count). The van der Waals surface area contributed by atoms with Gasteiger partial charge in [-0.2, -0.15) is 0 Å². The molecule has 1 aliphatic heterocycles. The molecule has 0 saturated carbocycles. The number of nitrogens with zero attached hydrogens (tertiary/aromatic N) is 4. The Morgan fingerprint density at radius 2 is 1.79 bits per heavy atom. The molecular weight excluding hydrogens is 348 g/mol. The third-order valence-corrected chi connectivity index (χ3v) is 5.81. The van der Waals surface area contributed by atoms with Gasteiger partial charge in [-0.25, -0.2) is 4.98 Å². The van der Waals surface area contributed by atoms with Gasteiger partial charge in [-0.15, -0.1) is 0 Å². The van der Waals surface area contributed by atoms with E-state index in [0.29, 0.717) is 19.0 Å². The normalized spacial score (nSPS) is 15.4. The van der Waals surface area contributed by atoms with Crippen LogP contribution in [0.15, 0.2) is 60.9 Å². The molecule has 1 aliphatic rings. The zero-order valence-electron chi connectivity index (χ0n) is 16.5. The summed E-state index contributed by atoms with van der Waals surface area (Å²) >= 11 is 0. The first-order valence-electron chi connectivity index (χ1n) is 10.1. The number of aromatic nitrogens is 2. The quantitative estimate of drug-likeness (QED) is 0.661. The predicted octanol–water partition coefficient (Wildman–Crippen LogP) is 3.55. The fourth-order valence-corrected chi connectivity index (χ4v) is 4.12. The van der Waals surface area contributed by atoms with E-state index in [1.165, 1.54) is 5.56 Å². The second-order valence-corrected chi connectivity index (χ2v) is 7.69. The van der Waals surface area contributed by atoms with Crippen molar-refractivity contribution in [2.24, 2.45) is 0 Å². The minimum Gasteiger partial charge on any atom is -0.343 e. The van der Waals surface area contributed by atoms with Crippen molar-refractivity contribution in [3.63, 3.8) is 0 Å². The number of fused-ring (bicyclic) bond motifs is 1. The summed E-state index contributed by atoms with van der Waals surface area (Å²) in [6.07, 6.45) is 4.46. The Kier molecular flexibility index (Phi) is 5.72. The van der Waals surface area contributed by atoms with E-state index in [9.17, 15) is 4.79 Å². The van der Waals surface area contributed by atoms with Crippen LogP contribution in [0.1, 0.15) is 24.8 Å². The van der Waals surface area contributed by atoms with Crippen LogP contribution in [0, 0.1) is 0 Å². The number of hydrogen-bond acceptors (Lipinski definition) is 3. The molecule has 0 bridgehead atoms. The monoisotopic (exact) mass is 376 g/mol. The third-order valence-electron chi connectivity index (χ3n) is 5.81. The summed E-state index contributed by atoms with van der Waals surface area (Å²) in [7, 11) is 2.19. The van der Waals surface area contributed by atoms with Crippen LogP contribution in [0.2, 0.25) is 0 Å². The summed E-state index contributed by atoms with van der Waals surface area (Å²) in [6.45, 7) is 3.36. The molecule has 1 amide bonds. The third kappa shape index (κ3) is 4.25. The van der Waals surface area contributed by atoms with Gasteiger partial charge in [0.2, 0.25) is 5.91 Å². The maximum absolute atomic E-state index is 12.7. The molecule has 28 heavy (non-hydrogen) atoms. The van der Waals surface area contributed by atoms with Crippen molar-refractivity contribution in [3.8, 4) is 0 Å². The first-order valence-corrected chi connectivity index (χ1v) is 10.1. The number of para-hydroxylation sites is 2. The van der Waals surface area contributed by atoms with Gasteiger partial charge in [-0.3, -0.25) is 9.69 Å². The number of likely N-dealkylation sites (tertiary alicyclic amines) is 1. The van der Waals surface area contributed by atoms with Crippen LogP contribution >= 0.6 is 0 Å². The Labute approximate surface area is 166 Å². The predicted molar refractivity (Wildman–Crippen MR) is 112 cm³/mol. The molecule has 0 aliphatic carbocycles. The molecule has 5 nitrogen and oxygen atoms in total. The van der Waals surface area contributed by atoms with Crippen LogP contribution in [0.5, 0.6) is 0 Å². The van der Waals surface area contributed by atoms with Gasteiger partial charge in [0.1, 0.15) is 0 Å². The standard InChI is InChI=1S/C23H28N4O/c1-25(17-19-7-3-2-4-8-19)20-11-14-26(15-12-20)23(28)13-16-27-18-24-21-9-5-6-10-22(21)27/h2-10,18,20H,11-17H2,1H3. The molecule has 2 heterocycles. The van der Waals surface area contributed by atoms with Gasteiger partial charge in [0, 0.05) is 38.6 Å². The van der Waals surface area contributed by atoms with Gasteiger partial charge in [0.05, 0.1) is 17.4 Å². The van der Waals surface area contributed by atoms with Gasteiger partial charge < -0.3 is 9.47 Å². The lowest BCUT2D eigenvalue weighted by Crippen LogP contribution is -2.45. The molecule has 1 saturated heterocycles. The smallest absolute Gasteiger partial charge is 0.224 e. The molecule has 0 N–H and O–H groups in total. The number of piperidine rings is 1. The molecular formula is C23H28N4O. The summed E-state index contributed by atoms with van der Waals surface area (Å²) < 4.78 is 2.08. The van der Waals surface area contributed by atoms with Gasteiger partial charge >= 0.3 is 0 Å². The lowest BCUT2D eigenvalue weighted by Gasteiger charge is -2.37. The highest BCUT2D eigenvalue weighted by molar-refractivity contribution is 5.77. The Morgan fingerprint density at radius 3 is 2.57 bits per heavy atom. The first-order chi connectivity index (χ1) is 13.7. The van der Waals surface area contributed by atoms with Crippen molar-refractivity contribution in [2.75, 3.05) is 20.1 Å². The van der Waals surface area contributed by atoms with Crippen LogP contribution < -0.4 is 0 Å². The number of carbonyl (C=O) groups is 1. The maximum Gasteiger partial charge on any atom is 0.224 e. The molecule has 1 aromatic heterocycles. The van der Waals surface area contributed by atoms with E-state index in [1.54, 1.807) is 0 Å². The van der Waals surface area contributed by atoms with Crippen LogP contribution in [0.4, 0.5) is 0 Å². The number of benzene rings is 2. The maximum atomic E-state index is 12.7. The highest BCUT2D eigenvalue weighted by Crippen LogP contribution is 2.19. The van der Waals surface area contributed by atoms with Gasteiger partial charge in [-0.1, -0.05) is 42.5 Å². The number of carbonyl (C=O) groups excluding carboxylic acids is 1. The highest BCUT2D eigenvalue weighted by Gasteiger charge is 2.25. The minimum atomic E-state index is 0.252. The van der Waals surface area contributed by atoms with Crippen molar-refractivity contribution in [2.45, 2.75) is 38.4 Å². The van der Waals surface area contributed by atoms with Crippen LogP contribution in [0.3, 0.4) is 0 Å². The second-order valence-electron chi connectivity index (χ2n) is 7.69. The lowest BCUT2D eigenvalue weighted by atomic mass is 10.0. The average molecular weight is 377 g/mol. The van der Waals surface area contributed by atoms with E-state index in [2.05, 4.69) is 57.9 Å². The van der Waals surface area contributed by atoms with Crippen molar-refractivity contribution >= 4 is 16.9 Å². The van der Waals surface area contributed by atoms with E-state index < -0.39 is 0 Å². The molecule has 3 aromatic rings.